The highest BCUT2D eigenvalue weighted by atomic mass is 32.1. The van der Waals surface area contributed by atoms with E-state index < -0.39 is 0 Å². The van der Waals surface area contributed by atoms with Crippen molar-refractivity contribution >= 4 is 28.5 Å². The molecule has 0 amide bonds. The van der Waals surface area contributed by atoms with Crippen molar-refractivity contribution in [1.82, 2.24) is 14.8 Å². The van der Waals surface area contributed by atoms with Gasteiger partial charge in [0.15, 0.2) is 0 Å². The van der Waals surface area contributed by atoms with Gasteiger partial charge in [0.2, 0.25) is 0 Å². The summed E-state index contributed by atoms with van der Waals surface area (Å²) >= 11 is 6.88. The summed E-state index contributed by atoms with van der Waals surface area (Å²) in [5.41, 5.74) is 7.02. The van der Waals surface area contributed by atoms with E-state index in [1.54, 1.807) is 11.3 Å². The van der Waals surface area contributed by atoms with E-state index in [1.165, 1.54) is 36.6 Å². The van der Waals surface area contributed by atoms with Crippen molar-refractivity contribution in [1.29, 1.82) is 0 Å². The molecule has 2 aliphatic rings. The number of likely N-dealkylation sites (N-methyl/N-ethyl adjacent to an activating group) is 1. The van der Waals surface area contributed by atoms with Crippen molar-refractivity contribution < 1.29 is 0 Å². The van der Waals surface area contributed by atoms with Crippen molar-refractivity contribution in [2.45, 2.75) is 32.2 Å². The molecule has 1 aromatic heterocycles. The van der Waals surface area contributed by atoms with Crippen LogP contribution in [-0.2, 0) is 6.54 Å². The first kappa shape index (κ1) is 14.4. The van der Waals surface area contributed by atoms with Crippen LogP contribution < -0.4 is 5.73 Å². The van der Waals surface area contributed by atoms with E-state index in [1.807, 2.05) is 0 Å². The van der Waals surface area contributed by atoms with Crippen LogP contribution in [0.15, 0.2) is 0 Å². The van der Waals surface area contributed by atoms with Crippen LogP contribution in [0.5, 0.6) is 0 Å². The van der Waals surface area contributed by atoms with Gasteiger partial charge >= 0.3 is 0 Å². The quantitative estimate of drug-likeness (QED) is 0.840. The van der Waals surface area contributed by atoms with Crippen molar-refractivity contribution in [3.05, 3.63) is 15.6 Å². The minimum atomic E-state index is 0.520. The van der Waals surface area contributed by atoms with Gasteiger partial charge in [-0.15, -0.1) is 11.3 Å². The van der Waals surface area contributed by atoms with Gasteiger partial charge in [0.1, 0.15) is 10.00 Å². The third-order valence-electron chi connectivity index (χ3n) is 4.16. The molecular weight excluding hydrogens is 288 g/mol. The number of hydrogen-bond donors (Lipinski definition) is 1. The first-order valence-electron chi connectivity index (χ1n) is 7.41. The van der Waals surface area contributed by atoms with Gasteiger partial charge < -0.3 is 10.6 Å². The Bertz CT molecular complexity index is 487. The molecule has 4 nitrogen and oxygen atoms in total. The lowest BCUT2D eigenvalue weighted by atomic mass is 10.2. The average molecular weight is 310 g/mol. The molecule has 0 spiro atoms. The summed E-state index contributed by atoms with van der Waals surface area (Å²) in [5.74, 6) is 0.619. The number of nitrogens with two attached hydrogens (primary N) is 1. The lowest BCUT2D eigenvalue weighted by molar-refractivity contribution is 0.132. The molecule has 6 heteroatoms. The van der Waals surface area contributed by atoms with Gasteiger partial charge in [-0.2, -0.15) is 0 Å². The molecule has 1 saturated carbocycles. The Labute approximate surface area is 130 Å². The lowest BCUT2D eigenvalue weighted by Crippen LogP contribution is -2.45. The zero-order chi connectivity index (χ0) is 14.1. The van der Waals surface area contributed by atoms with Gasteiger partial charge in [-0.1, -0.05) is 19.1 Å². The van der Waals surface area contributed by atoms with E-state index in [4.69, 9.17) is 22.9 Å². The molecule has 1 aliphatic heterocycles. The van der Waals surface area contributed by atoms with E-state index in [2.05, 4.69) is 16.7 Å². The monoisotopic (exact) mass is 310 g/mol. The molecule has 2 fully saturated rings. The third-order valence-corrected chi connectivity index (χ3v) is 5.58. The summed E-state index contributed by atoms with van der Waals surface area (Å²) in [6.07, 6.45) is 2.49. The molecule has 0 atom stereocenters. The van der Waals surface area contributed by atoms with Crippen molar-refractivity contribution in [2.24, 2.45) is 5.73 Å². The highest BCUT2D eigenvalue weighted by Crippen LogP contribution is 2.42. The smallest absolute Gasteiger partial charge is 0.116 e. The number of piperazine rings is 1. The van der Waals surface area contributed by atoms with Gasteiger partial charge in [-0.3, -0.25) is 4.90 Å². The minimum Gasteiger partial charge on any atom is -0.389 e. The van der Waals surface area contributed by atoms with Crippen LogP contribution in [0.3, 0.4) is 0 Å². The van der Waals surface area contributed by atoms with Gasteiger partial charge in [0.25, 0.3) is 0 Å². The fraction of sp³-hybridized carbons (Fsp3) is 0.714. The predicted octanol–water partition coefficient (Wildman–Crippen LogP) is 1.79. The lowest BCUT2D eigenvalue weighted by Gasteiger charge is -2.33. The van der Waals surface area contributed by atoms with Crippen LogP contribution in [0.4, 0.5) is 0 Å². The molecule has 0 radical (unpaired) electrons. The van der Waals surface area contributed by atoms with Crippen LogP contribution in [0.25, 0.3) is 0 Å². The van der Waals surface area contributed by atoms with Crippen molar-refractivity contribution in [3.8, 4) is 0 Å². The molecule has 2 heterocycles. The Kier molecular flexibility index (Phi) is 4.35. The molecule has 2 N–H and O–H groups in total. The van der Waals surface area contributed by atoms with E-state index >= 15 is 0 Å². The van der Waals surface area contributed by atoms with E-state index in [-0.39, 0.29) is 0 Å². The number of thiazole rings is 1. The number of nitrogens with zero attached hydrogens (tertiary/aromatic N) is 3. The zero-order valence-corrected chi connectivity index (χ0v) is 13.6. The topological polar surface area (TPSA) is 45.4 Å². The number of aromatic nitrogens is 1. The van der Waals surface area contributed by atoms with Gasteiger partial charge in [-0.25, -0.2) is 4.98 Å². The Balaban J connectivity index is 1.66. The van der Waals surface area contributed by atoms with Crippen LogP contribution in [-0.4, -0.2) is 52.5 Å². The number of hydrogen-bond acceptors (Lipinski definition) is 5. The highest BCUT2D eigenvalue weighted by molar-refractivity contribution is 7.81. The maximum Gasteiger partial charge on any atom is 0.116 e. The molecule has 20 heavy (non-hydrogen) atoms. The Morgan fingerprint density at radius 2 is 1.95 bits per heavy atom. The summed E-state index contributed by atoms with van der Waals surface area (Å²) in [6.45, 7) is 8.93. The maximum atomic E-state index is 5.84. The molecule has 0 unspecified atom stereocenters. The molecule has 0 aromatic carbocycles. The standard InChI is InChI=1S/C14H22N4S2/c1-2-17-5-7-18(8-6-17)9-11-16-12(10-3-4-10)13(20-11)14(15)19/h10H,2-9H2,1H3,(H2,15,19). The molecule has 3 rings (SSSR count). The largest absolute Gasteiger partial charge is 0.389 e. The molecule has 1 aliphatic carbocycles. The summed E-state index contributed by atoms with van der Waals surface area (Å²) in [5, 5.41) is 1.18. The van der Waals surface area contributed by atoms with Gasteiger partial charge in [0.05, 0.1) is 17.1 Å². The highest BCUT2D eigenvalue weighted by Gasteiger charge is 2.30. The normalized spacial score (nSPS) is 21.2. The first-order valence-corrected chi connectivity index (χ1v) is 8.64. The average Bonchev–Trinajstić information content (AvgIpc) is 3.21. The second kappa shape index (κ2) is 6.05. The second-order valence-corrected chi connectivity index (χ2v) is 7.19. The summed E-state index contributed by atoms with van der Waals surface area (Å²) in [6, 6.07) is 0. The minimum absolute atomic E-state index is 0.520. The molecule has 1 saturated heterocycles. The fourth-order valence-electron chi connectivity index (χ4n) is 2.71. The third kappa shape index (κ3) is 3.19. The zero-order valence-electron chi connectivity index (χ0n) is 12.0. The van der Waals surface area contributed by atoms with Crippen LogP contribution >= 0.6 is 23.6 Å². The Morgan fingerprint density at radius 3 is 2.50 bits per heavy atom. The molecule has 1 aromatic rings. The summed E-state index contributed by atoms with van der Waals surface area (Å²) < 4.78 is 0. The molecule has 0 bridgehead atoms. The van der Waals surface area contributed by atoms with Gasteiger partial charge in [0, 0.05) is 32.1 Å². The maximum absolute atomic E-state index is 5.84. The number of rotatable bonds is 5. The van der Waals surface area contributed by atoms with Crippen LogP contribution in [0.1, 0.15) is 41.3 Å². The number of thiocarbonyl (C=S) groups is 1. The summed E-state index contributed by atoms with van der Waals surface area (Å²) in [4.78, 5) is 11.4. The molecule has 110 valence electrons. The second-order valence-electron chi connectivity index (χ2n) is 5.67. The van der Waals surface area contributed by atoms with E-state index in [0.717, 1.165) is 31.1 Å². The first-order chi connectivity index (χ1) is 9.67. The van der Waals surface area contributed by atoms with Crippen molar-refractivity contribution in [2.75, 3.05) is 32.7 Å². The van der Waals surface area contributed by atoms with Gasteiger partial charge in [-0.05, 0) is 19.4 Å². The molecular formula is C14H22N4S2. The fourth-order valence-corrected chi connectivity index (χ4v) is 3.98. The van der Waals surface area contributed by atoms with E-state index in [0.29, 0.717) is 10.9 Å². The van der Waals surface area contributed by atoms with Crippen molar-refractivity contribution in [3.63, 3.8) is 0 Å². The van der Waals surface area contributed by atoms with E-state index in [9.17, 15) is 0 Å². The Hall–Kier alpha value is -0.560. The summed E-state index contributed by atoms with van der Waals surface area (Å²) in [7, 11) is 0. The Morgan fingerprint density at radius 1 is 1.30 bits per heavy atom. The predicted molar refractivity (Wildman–Crippen MR) is 87.4 cm³/mol. The van der Waals surface area contributed by atoms with Crippen LogP contribution in [0, 0.1) is 0 Å². The van der Waals surface area contributed by atoms with Crippen LogP contribution in [0.2, 0.25) is 0 Å². The SMILES string of the molecule is CCN1CCN(Cc2nc(C3CC3)c(C(N)=S)s2)CC1.